The van der Waals surface area contributed by atoms with Crippen LogP contribution in [0.3, 0.4) is 0 Å². The Labute approximate surface area is 146 Å². The molecule has 2 aliphatic heterocycles. The molecule has 1 amide bonds. The Bertz CT molecular complexity index is 715. The van der Waals surface area contributed by atoms with E-state index in [0.29, 0.717) is 5.91 Å². The van der Waals surface area contributed by atoms with Crippen molar-refractivity contribution in [2.75, 3.05) is 19.6 Å². The lowest BCUT2D eigenvalue weighted by molar-refractivity contribution is -0.138. The van der Waals surface area contributed by atoms with E-state index >= 15 is 0 Å². The van der Waals surface area contributed by atoms with Crippen molar-refractivity contribution in [3.8, 4) is 0 Å². The van der Waals surface area contributed by atoms with Gasteiger partial charge in [-0.25, -0.2) is 0 Å². The summed E-state index contributed by atoms with van der Waals surface area (Å²) in [4.78, 5) is 18.7. The van der Waals surface area contributed by atoms with E-state index in [1.165, 1.54) is 10.4 Å². The van der Waals surface area contributed by atoms with E-state index in [1.807, 2.05) is 24.3 Å². The summed E-state index contributed by atoms with van der Waals surface area (Å²) in [5.41, 5.74) is 2.33. The predicted octanol–water partition coefficient (Wildman–Crippen LogP) is 2.84. The Morgan fingerprint density at radius 2 is 2.21 bits per heavy atom. The van der Waals surface area contributed by atoms with Gasteiger partial charge in [0, 0.05) is 36.5 Å². The van der Waals surface area contributed by atoms with Gasteiger partial charge in [-0.15, -0.1) is 11.3 Å². The molecule has 4 heterocycles. The average Bonchev–Trinajstić information content (AvgIpc) is 3.23. The number of piperidine rings is 1. The van der Waals surface area contributed by atoms with Crippen LogP contribution in [0.15, 0.2) is 22.0 Å². The molecule has 1 saturated heterocycles. The number of amides is 1. The highest BCUT2D eigenvalue weighted by Gasteiger charge is 2.30. The maximum Gasteiger partial charge on any atom is 0.226 e. The van der Waals surface area contributed by atoms with Gasteiger partial charge in [-0.2, -0.15) is 0 Å². The minimum atomic E-state index is 0.181. The number of aromatic nitrogens is 1. The standard InChI is InChI=1S/C18H23N3O2S/c1-13-10-16(19-23-13)12-20-6-2-14(3-7-20)18(22)21-8-4-17-15(11-21)5-9-24-17/h5,9-10,14H,2-4,6-8,11-12H2,1H3. The van der Waals surface area contributed by atoms with Gasteiger partial charge in [0.2, 0.25) is 5.91 Å². The number of fused-ring (bicyclic) bond motifs is 1. The molecule has 0 atom stereocenters. The molecular formula is C18H23N3O2S. The lowest BCUT2D eigenvalue weighted by Gasteiger charge is -2.35. The third kappa shape index (κ3) is 3.26. The monoisotopic (exact) mass is 345 g/mol. The molecule has 0 aliphatic carbocycles. The Morgan fingerprint density at radius 3 is 2.96 bits per heavy atom. The Kier molecular flexibility index (Phi) is 4.41. The zero-order valence-electron chi connectivity index (χ0n) is 14.0. The van der Waals surface area contributed by atoms with Gasteiger partial charge in [0.1, 0.15) is 5.76 Å². The maximum absolute atomic E-state index is 12.8. The van der Waals surface area contributed by atoms with Crippen molar-refractivity contribution < 1.29 is 9.32 Å². The summed E-state index contributed by atoms with van der Waals surface area (Å²) in [6.07, 6.45) is 2.91. The van der Waals surface area contributed by atoms with Gasteiger partial charge in [-0.1, -0.05) is 5.16 Å². The minimum Gasteiger partial charge on any atom is -0.361 e. The van der Waals surface area contributed by atoms with E-state index < -0.39 is 0 Å². The van der Waals surface area contributed by atoms with Crippen LogP contribution in [0.4, 0.5) is 0 Å². The quantitative estimate of drug-likeness (QED) is 0.858. The van der Waals surface area contributed by atoms with Crippen molar-refractivity contribution in [2.24, 2.45) is 5.92 Å². The zero-order valence-corrected chi connectivity index (χ0v) is 14.8. The summed E-state index contributed by atoms with van der Waals surface area (Å²) < 4.78 is 5.13. The van der Waals surface area contributed by atoms with Crippen molar-refractivity contribution in [1.82, 2.24) is 15.0 Å². The third-order valence-electron chi connectivity index (χ3n) is 5.12. The lowest BCUT2D eigenvalue weighted by atomic mass is 9.94. The Morgan fingerprint density at radius 1 is 1.38 bits per heavy atom. The van der Waals surface area contributed by atoms with Crippen LogP contribution in [0, 0.1) is 12.8 Å². The van der Waals surface area contributed by atoms with E-state index in [0.717, 1.165) is 63.4 Å². The summed E-state index contributed by atoms with van der Waals surface area (Å²) >= 11 is 1.82. The van der Waals surface area contributed by atoms with Gasteiger partial charge >= 0.3 is 0 Å². The molecule has 0 saturated carbocycles. The molecule has 6 heteroatoms. The van der Waals surface area contributed by atoms with Crippen LogP contribution in [-0.2, 0) is 24.3 Å². The molecule has 0 unspecified atom stereocenters. The maximum atomic E-state index is 12.8. The van der Waals surface area contributed by atoms with Crippen molar-refractivity contribution in [3.05, 3.63) is 39.4 Å². The molecular weight excluding hydrogens is 322 g/mol. The van der Waals surface area contributed by atoms with Gasteiger partial charge < -0.3 is 9.42 Å². The first-order valence-corrected chi connectivity index (χ1v) is 9.55. The normalized spacial score (nSPS) is 19.5. The molecule has 2 aliphatic rings. The second-order valence-electron chi connectivity index (χ2n) is 6.86. The number of likely N-dealkylation sites (tertiary alicyclic amines) is 1. The summed E-state index contributed by atoms with van der Waals surface area (Å²) in [6, 6.07) is 4.16. The molecule has 0 spiro atoms. The van der Waals surface area contributed by atoms with E-state index in [4.69, 9.17) is 4.52 Å². The van der Waals surface area contributed by atoms with E-state index in [-0.39, 0.29) is 5.92 Å². The highest BCUT2D eigenvalue weighted by atomic mass is 32.1. The van der Waals surface area contributed by atoms with Gasteiger partial charge in [0.25, 0.3) is 0 Å². The van der Waals surface area contributed by atoms with Crippen molar-refractivity contribution in [1.29, 1.82) is 0 Å². The summed E-state index contributed by atoms with van der Waals surface area (Å²) in [6.45, 7) is 6.33. The van der Waals surface area contributed by atoms with Crippen LogP contribution in [0.1, 0.15) is 34.7 Å². The highest BCUT2D eigenvalue weighted by Crippen LogP contribution is 2.27. The molecule has 24 heavy (non-hydrogen) atoms. The summed E-state index contributed by atoms with van der Waals surface area (Å²) in [7, 11) is 0. The number of aryl methyl sites for hydroxylation is 1. The molecule has 0 bridgehead atoms. The summed E-state index contributed by atoms with van der Waals surface area (Å²) in [5, 5.41) is 6.20. The zero-order chi connectivity index (χ0) is 16.5. The second-order valence-corrected chi connectivity index (χ2v) is 7.86. The largest absolute Gasteiger partial charge is 0.361 e. The van der Waals surface area contributed by atoms with Crippen molar-refractivity contribution in [3.63, 3.8) is 0 Å². The number of hydrogen-bond donors (Lipinski definition) is 0. The topological polar surface area (TPSA) is 49.6 Å². The van der Waals surface area contributed by atoms with Gasteiger partial charge in [0.15, 0.2) is 0 Å². The third-order valence-corrected chi connectivity index (χ3v) is 6.14. The fourth-order valence-corrected chi connectivity index (χ4v) is 4.64. The van der Waals surface area contributed by atoms with Gasteiger partial charge in [-0.3, -0.25) is 9.69 Å². The fourth-order valence-electron chi connectivity index (χ4n) is 3.75. The lowest BCUT2D eigenvalue weighted by Crippen LogP contribution is -2.43. The van der Waals surface area contributed by atoms with Crippen LogP contribution < -0.4 is 0 Å². The molecule has 5 nitrogen and oxygen atoms in total. The first-order chi connectivity index (χ1) is 11.7. The highest BCUT2D eigenvalue weighted by molar-refractivity contribution is 7.10. The van der Waals surface area contributed by atoms with E-state index in [2.05, 4.69) is 26.4 Å². The smallest absolute Gasteiger partial charge is 0.226 e. The first-order valence-electron chi connectivity index (χ1n) is 8.67. The number of thiophene rings is 1. The Hall–Kier alpha value is -1.66. The molecule has 0 radical (unpaired) electrons. The van der Waals surface area contributed by atoms with Crippen LogP contribution in [-0.4, -0.2) is 40.5 Å². The molecule has 4 rings (SSSR count). The van der Waals surface area contributed by atoms with Crippen LogP contribution >= 0.6 is 11.3 Å². The van der Waals surface area contributed by atoms with Gasteiger partial charge in [0.05, 0.1) is 5.69 Å². The molecule has 0 N–H and O–H groups in total. The van der Waals surface area contributed by atoms with Crippen molar-refractivity contribution >= 4 is 17.2 Å². The van der Waals surface area contributed by atoms with E-state index in [9.17, 15) is 4.79 Å². The van der Waals surface area contributed by atoms with Crippen LogP contribution in [0.2, 0.25) is 0 Å². The SMILES string of the molecule is Cc1cc(CN2CCC(C(=O)N3CCc4sccc4C3)CC2)no1. The van der Waals surface area contributed by atoms with Crippen LogP contribution in [0.25, 0.3) is 0 Å². The second kappa shape index (κ2) is 6.69. The number of hydrogen-bond acceptors (Lipinski definition) is 5. The van der Waals surface area contributed by atoms with Gasteiger partial charge in [-0.05, 0) is 56.3 Å². The predicted molar refractivity (Wildman–Crippen MR) is 92.7 cm³/mol. The molecule has 0 aromatic carbocycles. The number of rotatable bonds is 3. The fraction of sp³-hybridized carbons (Fsp3) is 0.556. The Balaban J connectivity index is 1.30. The molecule has 2 aromatic heterocycles. The molecule has 1 fully saturated rings. The summed E-state index contributed by atoms with van der Waals surface area (Å²) in [5.74, 6) is 1.39. The average molecular weight is 345 g/mol. The number of carbonyl (C=O) groups is 1. The number of nitrogens with zero attached hydrogens (tertiary/aromatic N) is 3. The van der Waals surface area contributed by atoms with Crippen molar-refractivity contribution in [2.45, 2.75) is 39.3 Å². The number of carbonyl (C=O) groups excluding carboxylic acids is 1. The first kappa shape index (κ1) is 15.8. The van der Waals surface area contributed by atoms with E-state index in [1.54, 1.807) is 0 Å². The molecule has 128 valence electrons. The van der Waals surface area contributed by atoms with Crippen LogP contribution in [0.5, 0.6) is 0 Å². The molecule has 2 aromatic rings. The minimum absolute atomic E-state index is 0.181.